The van der Waals surface area contributed by atoms with Crippen LogP contribution in [0.2, 0.25) is 0 Å². The molecule has 0 spiro atoms. The van der Waals surface area contributed by atoms with Gasteiger partial charge in [-0.2, -0.15) is 31.6 Å². The van der Waals surface area contributed by atoms with E-state index < -0.39 is 0 Å². The lowest BCUT2D eigenvalue weighted by Gasteiger charge is -2.20. The van der Waals surface area contributed by atoms with E-state index in [1.807, 2.05) is 82.3 Å². The van der Waals surface area contributed by atoms with Crippen LogP contribution < -0.4 is 18.9 Å². The summed E-state index contributed by atoms with van der Waals surface area (Å²) >= 11 is 0. The molecular formula is C63H40N8O4. The monoisotopic (exact) mass is 972 g/mol. The van der Waals surface area contributed by atoms with Gasteiger partial charge in [-0.1, -0.05) is 71.8 Å². The van der Waals surface area contributed by atoms with Crippen molar-refractivity contribution in [1.29, 1.82) is 31.6 Å². The maximum absolute atomic E-state index is 9.88. The summed E-state index contributed by atoms with van der Waals surface area (Å²) in [7, 11) is 0. The van der Waals surface area contributed by atoms with Crippen LogP contribution in [0.4, 0.5) is 11.4 Å². The van der Waals surface area contributed by atoms with Crippen molar-refractivity contribution in [1.82, 2.24) is 0 Å². The van der Waals surface area contributed by atoms with Gasteiger partial charge in [0, 0.05) is 12.8 Å². The second-order valence-corrected chi connectivity index (χ2v) is 17.6. The van der Waals surface area contributed by atoms with Gasteiger partial charge in [-0.05, 0) is 151 Å². The zero-order chi connectivity index (χ0) is 53.2. The molecule has 8 aromatic rings. The number of nitrogens with zero attached hydrogens (tertiary/aromatic N) is 8. The summed E-state index contributed by atoms with van der Waals surface area (Å²) in [5.41, 5.74) is 10.3. The molecule has 0 saturated heterocycles. The zero-order valence-electron chi connectivity index (χ0n) is 41.0. The molecule has 0 aliphatic heterocycles. The minimum Gasteiger partial charge on any atom is -0.458 e. The first-order valence-electron chi connectivity index (χ1n) is 23.2. The summed E-state index contributed by atoms with van der Waals surface area (Å²) < 4.78 is 26.2. The maximum atomic E-state index is 9.88. The number of hydrogen-bond donors (Lipinski definition) is 0. The first-order valence-corrected chi connectivity index (χ1v) is 23.2. The number of benzene rings is 8. The molecule has 12 heteroatoms. The Morgan fingerprint density at radius 3 is 1.20 bits per heavy atom. The van der Waals surface area contributed by atoms with E-state index in [0.29, 0.717) is 65.3 Å². The van der Waals surface area contributed by atoms with Crippen LogP contribution in [0.5, 0.6) is 46.0 Å². The van der Waals surface area contributed by atoms with E-state index in [0.717, 1.165) is 55.6 Å². The maximum Gasteiger partial charge on any atom is 0.208 e. The van der Waals surface area contributed by atoms with Gasteiger partial charge in [0.25, 0.3) is 0 Å². The highest BCUT2D eigenvalue weighted by atomic mass is 16.5. The number of aryl methyl sites for hydroxylation is 4. The van der Waals surface area contributed by atoms with Gasteiger partial charge < -0.3 is 18.9 Å². The zero-order valence-corrected chi connectivity index (χ0v) is 41.0. The van der Waals surface area contributed by atoms with E-state index in [-0.39, 0.29) is 44.8 Å². The van der Waals surface area contributed by atoms with Gasteiger partial charge in [-0.25, -0.2) is 9.69 Å². The minimum atomic E-state index is 0.163. The molecule has 0 aromatic heterocycles. The van der Waals surface area contributed by atoms with Crippen molar-refractivity contribution >= 4 is 11.4 Å². The Balaban J connectivity index is 1.23. The Kier molecular flexibility index (Phi) is 15.0. The Morgan fingerprint density at radius 1 is 0.360 bits per heavy atom. The molecule has 0 unspecified atom stereocenters. The van der Waals surface area contributed by atoms with Crippen molar-refractivity contribution < 1.29 is 18.9 Å². The van der Waals surface area contributed by atoms with E-state index in [4.69, 9.17) is 32.1 Å². The lowest BCUT2D eigenvalue weighted by atomic mass is 9.92. The molecule has 75 heavy (non-hydrogen) atoms. The quantitative estimate of drug-likeness (QED) is 0.0948. The summed E-state index contributed by atoms with van der Waals surface area (Å²) in [6, 6.07) is 51.3. The average Bonchev–Trinajstić information content (AvgIpc) is 3.41. The molecule has 0 fully saturated rings. The highest BCUT2D eigenvalue weighted by molar-refractivity contribution is 5.64. The van der Waals surface area contributed by atoms with Crippen molar-refractivity contribution in [3.63, 3.8) is 0 Å². The van der Waals surface area contributed by atoms with Crippen LogP contribution in [-0.4, -0.2) is 0 Å². The second-order valence-electron chi connectivity index (χ2n) is 17.6. The van der Waals surface area contributed by atoms with Crippen molar-refractivity contribution in [3.05, 3.63) is 245 Å². The van der Waals surface area contributed by atoms with Crippen LogP contribution in [0.25, 0.3) is 9.69 Å². The third-order valence-corrected chi connectivity index (χ3v) is 12.2. The van der Waals surface area contributed by atoms with Gasteiger partial charge in [-0.15, -0.1) is 0 Å². The Hall–Kier alpha value is -11.1. The predicted octanol–water partition coefficient (Wildman–Crippen LogP) is 15.2. The van der Waals surface area contributed by atoms with Crippen LogP contribution >= 0.6 is 0 Å². The first-order chi connectivity index (χ1) is 36.3. The molecule has 356 valence electrons. The van der Waals surface area contributed by atoms with Crippen molar-refractivity contribution in [2.24, 2.45) is 0 Å². The molecule has 0 amide bonds. The van der Waals surface area contributed by atoms with Gasteiger partial charge in [0.2, 0.25) is 11.4 Å². The topological polar surface area (TPSA) is 188 Å². The molecule has 8 rings (SSSR count). The third kappa shape index (κ3) is 11.4. The summed E-state index contributed by atoms with van der Waals surface area (Å²) in [5, 5.41) is 58.2. The molecule has 0 N–H and O–H groups in total. The summed E-state index contributed by atoms with van der Waals surface area (Å²) in [4.78, 5) is 7.02. The summed E-state index contributed by atoms with van der Waals surface area (Å²) in [5.74, 6) is 3.69. The molecule has 0 bridgehead atoms. The number of nitriles is 6. The lowest BCUT2D eigenvalue weighted by Crippen LogP contribution is -2.03. The van der Waals surface area contributed by atoms with Crippen molar-refractivity contribution in [3.8, 4) is 82.4 Å². The number of ether oxygens (including phenoxy) is 4. The second kappa shape index (κ2) is 22.3. The predicted molar refractivity (Wildman–Crippen MR) is 280 cm³/mol. The normalized spacial score (nSPS) is 10.2. The molecule has 0 heterocycles. The largest absolute Gasteiger partial charge is 0.458 e. The van der Waals surface area contributed by atoms with Gasteiger partial charge in [0.1, 0.15) is 70.3 Å². The number of hydrogen-bond acceptors (Lipinski definition) is 10. The first kappa shape index (κ1) is 50.3. The molecular weight excluding hydrogens is 933 g/mol. The lowest BCUT2D eigenvalue weighted by molar-refractivity contribution is 0.468. The Labute approximate surface area is 434 Å². The fourth-order valence-electron chi connectivity index (χ4n) is 8.72. The number of rotatable bonds is 14. The average molecular weight is 973 g/mol. The third-order valence-electron chi connectivity index (χ3n) is 12.2. The SMILES string of the molecule is [C-]#[N+]c1ccc(Oc2ccc(C)cc2Cc2cc(Cc3cc(C)c(Oc4ccc(C#N)c(C#N)c4)c(Cc4cc(C)ccc4Oc4ccc(C#N)c(C#N)c4)c3)cc(C)c2Oc2ccc(C#N)c([N+]#[C-])c2)cc1C#N. The summed E-state index contributed by atoms with van der Waals surface area (Å²) in [6.45, 7) is 23.0. The molecule has 0 aliphatic carbocycles. The van der Waals surface area contributed by atoms with E-state index >= 15 is 0 Å². The van der Waals surface area contributed by atoms with Gasteiger partial charge in [-0.3, -0.25) is 0 Å². The molecule has 0 atom stereocenters. The van der Waals surface area contributed by atoms with Crippen LogP contribution in [-0.2, 0) is 19.3 Å². The molecule has 8 aromatic carbocycles. The smallest absolute Gasteiger partial charge is 0.208 e. The van der Waals surface area contributed by atoms with E-state index in [1.54, 1.807) is 66.7 Å². The molecule has 0 radical (unpaired) electrons. The molecule has 12 nitrogen and oxygen atoms in total. The van der Waals surface area contributed by atoms with E-state index in [2.05, 4.69) is 52.2 Å². The van der Waals surface area contributed by atoms with Gasteiger partial charge >= 0.3 is 0 Å². The van der Waals surface area contributed by atoms with Gasteiger partial charge in [0.05, 0.1) is 58.7 Å². The Bertz CT molecular complexity index is 3730. The fraction of sp³-hybridized carbons (Fsp3) is 0.111. The van der Waals surface area contributed by atoms with E-state index in [1.165, 1.54) is 6.07 Å². The highest BCUT2D eigenvalue weighted by Gasteiger charge is 2.20. The molecule has 0 aliphatic rings. The Morgan fingerprint density at radius 2 is 0.760 bits per heavy atom. The van der Waals surface area contributed by atoms with E-state index in [9.17, 15) is 31.6 Å². The standard InChI is InChI=1S/C63H40N8O4/c1-38-7-17-60(72-54-12-9-44(32-64)51(28-54)35-67)47(19-38)26-49-24-42(21-40(3)62(49)74-56-13-10-45(33-65)52(29-56)36-68)23-43-22-41(4)63(75-57-14-11-46(34-66)59(31-57)71-6)50(25-43)27-48-20-39(2)8-18-61(48)73-55-15-16-58(70-5)53(30-55)37-69/h7-22,24-25,28-31H,23,26-27H2,1-4H3. The van der Waals surface area contributed by atoms with Gasteiger partial charge in [0.15, 0.2) is 0 Å². The van der Waals surface area contributed by atoms with Crippen molar-refractivity contribution in [2.45, 2.75) is 47.0 Å². The van der Waals surface area contributed by atoms with Crippen molar-refractivity contribution in [2.75, 3.05) is 0 Å². The van der Waals surface area contributed by atoms with Crippen LogP contribution in [0.15, 0.2) is 133 Å². The highest BCUT2D eigenvalue weighted by Crippen LogP contribution is 2.40. The molecule has 0 saturated carbocycles. The fourth-order valence-corrected chi connectivity index (χ4v) is 8.72. The van der Waals surface area contributed by atoms with Crippen LogP contribution in [0.3, 0.4) is 0 Å². The summed E-state index contributed by atoms with van der Waals surface area (Å²) in [6.07, 6.45) is 1.11. The van der Waals surface area contributed by atoms with Crippen LogP contribution in [0, 0.1) is 109 Å². The van der Waals surface area contributed by atoms with Crippen LogP contribution in [0.1, 0.15) is 89.0 Å². The minimum absolute atomic E-state index is 0.163.